The molecule has 4 N–H and O–H groups in total. The maximum atomic E-state index is 13.1. The number of hydrogen-bond acceptors (Lipinski definition) is 4. The molecule has 33 heavy (non-hydrogen) atoms. The molecule has 0 aliphatic carbocycles. The molecular formula is C26H35N3O4. The van der Waals surface area contributed by atoms with Crippen LogP contribution in [0.4, 0.5) is 5.69 Å². The van der Waals surface area contributed by atoms with Gasteiger partial charge in [-0.1, -0.05) is 62.4 Å². The summed E-state index contributed by atoms with van der Waals surface area (Å²) >= 11 is 0. The Morgan fingerprint density at radius 3 is 2.03 bits per heavy atom. The molecule has 0 saturated heterocycles. The van der Waals surface area contributed by atoms with Gasteiger partial charge in [-0.3, -0.25) is 19.7 Å². The van der Waals surface area contributed by atoms with Crippen molar-refractivity contribution in [3.63, 3.8) is 0 Å². The highest BCUT2D eigenvalue weighted by molar-refractivity contribution is 5.97. The predicted molar refractivity (Wildman–Crippen MR) is 130 cm³/mol. The number of benzene rings is 2. The van der Waals surface area contributed by atoms with Gasteiger partial charge in [-0.2, -0.15) is 0 Å². The molecule has 0 fully saturated rings. The molecule has 1 unspecified atom stereocenters. The lowest BCUT2D eigenvalue weighted by atomic mass is 10.0. The summed E-state index contributed by atoms with van der Waals surface area (Å²) in [6.07, 6.45) is 2.40. The molecule has 2 amide bonds. The van der Waals surface area contributed by atoms with Crippen LogP contribution in [0.15, 0.2) is 60.7 Å². The van der Waals surface area contributed by atoms with E-state index in [-0.39, 0.29) is 17.7 Å². The summed E-state index contributed by atoms with van der Waals surface area (Å²) in [6.45, 7) is 5.47. The highest BCUT2D eigenvalue weighted by Gasteiger charge is 2.28. The van der Waals surface area contributed by atoms with E-state index in [4.69, 9.17) is 0 Å². The molecule has 0 saturated carbocycles. The Labute approximate surface area is 196 Å². The van der Waals surface area contributed by atoms with E-state index in [0.29, 0.717) is 24.9 Å². The Morgan fingerprint density at radius 1 is 0.848 bits per heavy atom. The fourth-order valence-electron chi connectivity index (χ4n) is 3.54. The number of amides is 2. The molecule has 0 spiro atoms. The molecule has 0 aliphatic rings. The summed E-state index contributed by atoms with van der Waals surface area (Å²) in [5.74, 6) is -1.52. The maximum absolute atomic E-state index is 13.1. The fourth-order valence-corrected chi connectivity index (χ4v) is 3.54. The van der Waals surface area contributed by atoms with Crippen LogP contribution < -0.4 is 16.0 Å². The van der Waals surface area contributed by atoms with E-state index >= 15 is 0 Å². The van der Waals surface area contributed by atoms with Crippen LogP contribution in [0.25, 0.3) is 0 Å². The van der Waals surface area contributed by atoms with Crippen LogP contribution in [-0.2, 0) is 20.8 Å². The van der Waals surface area contributed by atoms with Gasteiger partial charge in [-0.05, 0) is 56.2 Å². The van der Waals surface area contributed by atoms with Gasteiger partial charge >= 0.3 is 5.97 Å². The highest BCUT2D eigenvalue weighted by Crippen LogP contribution is 2.12. The first-order chi connectivity index (χ1) is 15.8. The van der Waals surface area contributed by atoms with Crippen molar-refractivity contribution in [1.29, 1.82) is 0 Å². The van der Waals surface area contributed by atoms with Crippen LogP contribution in [0.1, 0.15) is 45.6 Å². The first kappa shape index (κ1) is 26.1. The van der Waals surface area contributed by atoms with Crippen molar-refractivity contribution < 1.29 is 19.5 Å². The quantitative estimate of drug-likeness (QED) is 0.371. The molecule has 3 atom stereocenters. The molecule has 0 heterocycles. The van der Waals surface area contributed by atoms with Gasteiger partial charge in [0.1, 0.15) is 12.1 Å². The minimum Gasteiger partial charge on any atom is -0.480 e. The largest absolute Gasteiger partial charge is 0.480 e. The van der Waals surface area contributed by atoms with Gasteiger partial charge in [0.25, 0.3) is 0 Å². The van der Waals surface area contributed by atoms with Gasteiger partial charge in [0.2, 0.25) is 11.8 Å². The molecule has 178 valence electrons. The normalized spacial score (nSPS) is 13.7. The van der Waals surface area contributed by atoms with Crippen LogP contribution >= 0.6 is 0 Å². The van der Waals surface area contributed by atoms with Crippen molar-refractivity contribution >= 4 is 23.5 Å². The van der Waals surface area contributed by atoms with E-state index in [1.54, 1.807) is 12.1 Å². The standard InChI is InChI=1S/C26H35N3O4/c1-18(2)17-23(25(31)28-21-14-8-5-9-15-21)29-24(30)22(27-19(3)26(32)33)16-10-13-20-11-6-4-7-12-20/h4-9,11-12,14-15,18-19,22-23,27H,10,13,16-17H2,1-3H3,(H,28,31)(H,29,30)(H,32,33)/t19-,22?,23+/m1/s1. The summed E-state index contributed by atoms with van der Waals surface area (Å²) in [5.41, 5.74) is 1.81. The van der Waals surface area contributed by atoms with Crippen molar-refractivity contribution in [2.75, 3.05) is 5.32 Å². The summed E-state index contributed by atoms with van der Waals surface area (Å²) in [6, 6.07) is 16.7. The number of anilines is 1. The number of aliphatic carboxylic acids is 1. The van der Waals surface area contributed by atoms with Crippen LogP contribution in [0.2, 0.25) is 0 Å². The van der Waals surface area contributed by atoms with E-state index in [0.717, 1.165) is 12.0 Å². The summed E-state index contributed by atoms with van der Waals surface area (Å²) in [4.78, 5) is 37.4. The molecule has 2 aromatic carbocycles. The second kappa shape index (κ2) is 13.4. The maximum Gasteiger partial charge on any atom is 0.320 e. The molecule has 7 heteroatoms. The number of rotatable bonds is 13. The van der Waals surface area contributed by atoms with Gasteiger partial charge in [-0.25, -0.2) is 0 Å². The zero-order valence-corrected chi connectivity index (χ0v) is 19.6. The van der Waals surface area contributed by atoms with E-state index in [1.165, 1.54) is 6.92 Å². The Kier molecular flexibility index (Phi) is 10.6. The van der Waals surface area contributed by atoms with E-state index in [2.05, 4.69) is 16.0 Å². The lowest BCUT2D eigenvalue weighted by Crippen LogP contribution is -2.54. The van der Waals surface area contributed by atoms with Gasteiger partial charge in [0.05, 0.1) is 6.04 Å². The molecule has 7 nitrogen and oxygen atoms in total. The average Bonchev–Trinajstić information content (AvgIpc) is 2.78. The zero-order chi connectivity index (χ0) is 24.2. The molecule has 0 radical (unpaired) electrons. The first-order valence-electron chi connectivity index (χ1n) is 11.4. The van der Waals surface area contributed by atoms with Gasteiger partial charge in [0.15, 0.2) is 0 Å². The van der Waals surface area contributed by atoms with Gasteiger partial charge in [0, 0.05) is 5.69 Å². The SMILES string of the molecule is CC(C)C[C@H](NC(=O)C(CCCc1ccccc1)N[C@H](C)C(=O)O)C(=O)Nc1ccccc1. The van der Waals surface area contributed by atoms with Crippen molar-refractivity contribution in [2.24, 2.45) is 5.92 Å². The van der Waals surface area contributed by atoms with Crippen molar-refractivity contribution in [1.82, 2.24) is 10.6 Å². The number of carbonyl (C=O) groups is 3. The number of carbonyl (C=O) groups excluding carboxylic acids is 2. The topological polar surface area (TPSA) is 108 Å². The third kappa shape index (κ3) is 9.45. The number of carboxylic acids is 1. The third-order valence-corrected chi connectivity index (χ3v) is 5.32. The molecule has 2 rings (SSSR count). The number of nitrogens with one attached hydrogen (secondary N) is 3. The van der Waals surface area contributed by atoms with Crippen LogP contribution in [-0.4, -0.2) is 41.0 Å². The van der Waals surface area contributed by atoms with Gasteiger partial charge in [-0.15, -0.1) is 0 Å². The smallest absolute Gasteiger partial charge is 0.320 e. The summed E-state index contributed by atoms with van der Waals surface area (Å²) < 4.78 is 0. The fraction of sp³-hybridized carbons (Fsp3) is 0.423. The van der Waals surface area contributed by atoms with Crippen molar-refractivity contribution in [3.8, 4) is 0 Å². The molecule has 0 aromatic heterocycles. The number of hydrogen-bond donors (Lipinski definition) is 4. The predicted octanol–water partition coefficient (Wildman–Crippen LogP) is 3.61. The number of para-hydroxylation sites is 1. The lowest BCUT2D eigenvalue weighted by Gasteiger charge is -2.25. The Balaban J connectivity index is 2.07. The van der Waals surface area contributed by atoms with E-state index < -0.39 is 24.1 Å². The van der Waals surface area contributed by atoms with Crippen LogP contribution in [0, 0.1) is 5.92 Å². The second-order valence-corrected chi connectivity index (χ2v) is 8.70. The first-order valence-corrected chi connectivity index (χ1v) is 11.4. The Bertz CT molecular complexity index is 887. The van der Waals surface area contributed by atoms with Crippen LogP contribution in [0.5, 0.6) is 0 Å². The summed E-state index contributed by atoms with van der Waals surface area (Å²) in [7, 11) is 0. The van der Waals surface area contributed by atoms with E-state index in [9.17, 15) is 19.5 Å². The Morgan fingerprint density at radius 2 is 1.45 bits per heavy atom. The number of carboxylic acid groups (broad SMARTS) is 1. The summed E-state index contributed by atoms with van der Waals surface area (Å²) in [5, 5.41) is 17.9. The van der Waals surface area contributed by atoms with Crippen molar-refractivity contribution in [3.05, 3.63) is 66.2 Å². The second-order valence-electron chi connectivity index (χ2n) is 8.70. The monoisotopic (exact) mass is 453 g/mol. The molecular weight excluding hydrogens is 418 g/mol. The van der Waals surface area contributed by atoms with Crippen LogP contribution in [0.3, 0.4) is 0 Å². The lowest BCUT2D eigenvalue weighted by molar-refractivity contribution is -0.139. The molecule has 0 aliphatic heterocycles. The minimum atomic E-state index is -1.03. The number of aryl methyl sites for hydroxylation is 1. The van der Waals surface area contributed by atoms with Gasteiger partial charge < -0.3 is 15.7 Å². The minimum absolute atomic E-state index is 0.180. The zero-order valence-electron chi connectivity index (χ0n) is 19.6. The third-order valence-electron chi connectivity index (χ3n) is 5.32. The van der Waals surface area contributed by atoms with E-state index in [1.807, 2.05) is 62.4 Å². The molecule has 0 bridgehead atoms. The average molecular weight is 454 g/mol. The molecule has 2 aromatic rings. The van der Waals surface area contributed by atoms with Crippen molar-refractivity contribution in [2.45, 2.75) is 64.6 Å². The Hall–Kier alpha value is -3.19. The highest BCUT2D eigenvalue weighted by atomic mass is 16.4.